The first kappa shape index (κ1) is 32.9. The van der Waals surface area contributed by atoms with Crippen molar-refractivity contribution >= 4 is 30.6 Å². The van der Waals surface area contributed by atoms with Crippen molar-refractivity contribution in [2.45, 2.75) is 82.3 Å². The molecule has 7 rings (SSSR count). The van der Waals surface area contributed by atoms with Gasteiger partial charge in [0.05, 0.1) is 26.1 Å². The van der Waals surface area contributed by atoms with E-state index in [1.54, 1.807) is 0 Å². The number of imidazole rings is 1. The van der Waals surface area contributed by atoms with Crippen molar-refractivity contribution in [2.24, 2.45) is 23.2 Å². The lowest BCUT2D eigenvalue weighted by Crippen LogP contribution is -2.46. The number of aromatic nitrogens is 4. The van der Waals surface area contributed by atoms with Gasteiger partial charge in [0.1, 0.15) is 42.7 Å². The summed E-state index contributed by atoms with van der Waals surface area (Å²) in [5.74, 6) is 3.06. The van der Waals surface area contributed by atoms with Gasteiger partial charge in [-0.1, -0.05) is 0 Å². The lowest BCUT2D eigenvalue weighted by molar-refractivity contribution is -0.142. The Bertz CT molecular complexity index is 1340. The molecule has 5 fully saturated rings. The molecule has 250 valence electrons. The highest BCUT2D eigenvalue weighted by molar-refractivity contribution is 7.47. The summed E-state index contributed by atoms with van der Waals surface area (Å²) in [5.41, 5.74) is 6.86. The summed E-state index contributed by atoms with van der Waals surface area (Å²) in [7, 11) is -3.45. The lowest BCUT2D eigenvalue weighted by atomic mass is 9.48. The van der Waals surface area contributed by atoms with E-state index in [0.717, 1.165) is 31.3 Å². The molecule has 4 aliphatic carbocycles. The zero-order chi connectivity index (χ0) is 31.6. The molecule has 15 nitrogen and oxygen atoms in total. The standard InChI is InChI=1S/C29H44N5O10P/c1-39-45(37,38)44-24-22(14-35)43-28(34-16-33-23-26(30)31-15-32-27(23)34)25(24)42-17-41-6-5-40-4-2-3-21(36)13-29-10-18-7-19(11-29)9-20(8-18)12-29/h15-16,18-20,22,24-25,28,35H,2-14,17H2,1H3,(H,37,38)(H2,30,31,32)/t18?,19?,20?,22-,24?,25+,28-,29?/m1/s1. The quantitative estimate of drug-likeness (QED) is 0.128. The fourth-order valence-electron chi connectivity index (χ4n) is 8.43. The second-order valence-corrected chi connectivity index (χ2v) is 14.6. The van der Waals surface area contributed by atoms with Crippen molar-refractivity contribution in [3.05, 3.63) is 12.7 Å². The Kier molecular flexibility index (Phi) is 10.2. The van der Waals surface area contributed by atoms with Crippen molar-refractivity contribution in [3.8, 4) is 0 Å². The van der Waals surface area contributed by atoms with Crippen molar-refractivity contribution in [1.29, 1.82) is 0 Å². The van der Waals surface area contributed by atoms with E-state index in [0.29, 0.717) is 43.0 Å². The van der Waals surface area contributed by atoms with E-state index in [9.17, 15) is 19.4 Å². The molecule has 0 aromatic carbocycles. The second kappa shape index (κ2) is 14.0. The summed E-state index contributed by atoms with van der Waals surface area (Å²) >= 11 is 0. The maximum atomic E-state index is 12.8. The van der Waals surface area contributed by atoms with Crippen LogP contribution in [0.2, 0.25) is 0 Å². The van der Waals surface area contributed by atoms with Crippen LogP contribution in [0.1, 0.15) is 64.0 Å². The van der Waals surface area contributed by atoms with Gasteiger partial charge in [-0.25, -0.2) is 19.5 Å². The van der Waals surface area contributed by atoms with Crippen LogP contribution < -0.4 is 5.73 Å². The highest BCUT2D eigenvalue weighted by Crippen LogP contribution is 2.61. The van der Waals surface area contributed by atoms with Crippen LogP contribution in [0.3, 0.4) is 0 Å². The highest BCUT2D eigenvalue weighted by Gasteiger charge is 2.52. The predicted octanol–water partition coefficient (Wildman–Crippen LogP) is 2.76. The number of aliphatic hydroxyl groups excluding tert-OH is 1. The number of nitrogens with two attached hydrogens (primary N) is 1. The largest absolute Gasteiger partial charge is 0.472 e. The monoisotopic (exact) mass is 653 g/mol. The smallest absolute Gasteiger partial charge is 0.394 e. The Balaban J connectivity index is 0.953. The number of carbonyl (C=O) groups excluding carboxylic acids is 1. The molecule has 45 heavy (non-hydrogen) atoms. The summed E-state index contributed by atoms with van der Waals surface area (Å²) in [4.78, 5) is 35.2. The number of ether oxygens (including phenoxy) is 4. The van der Waals surface area contributed by atoms with Crippen LogP contribution in [0, 0.1) is 23.2 Å². The van der Waals surface area contributed by atoms with Crippen LogP contribution in [0.25, 0.3) is 11.2 Å². The van der Waals surface area contributed by atoms with Crippen LogP contribution in [-0.4, -0.2) is 93.9 Å². The summed E-state index contributed by atoms with van der Waals surface area (Å²) in [6, 6.07) is 0. The van der Waals surface area contributed by atoms with E-state index in [1.807, 2.05) is 0 Å². The van der Waals surface area contributed by atoms with Gasteiger partial charge in [-0.3, -0.25) is 18.4 Å². The normalized spacial score (nSPS) is 33.6. The Morgan fingerprint density at radius 3 is 2.49 bits per heavy atom. The average Bonchev–Trinajstić information content (AvgIpc) is 3.57. The van der Waals surface area contributed by atoms with Crippen molar-refractivity contribution in [1.82, 2.24) is 19.5 Å². The van der Waals surface area contributed by atoms with E-state index in [-0.39, 0.29) is 24.6 Å². The molecule has 4 bridgehead atoms. The minimum Gasteiger partial charge on any atom is -0.394 e. The molecule has 2 unspecified atom stereocenters. The Morgan fingerprint density at radius 1 is 1.09 bits per heavy atom. The number of phosphoric ester groups is 1. The zero-order valence-electron chi connectivity index (χ0n) is 25.6. The third-order valence-electron chi connectivity index (χ3n) is 9.81. The molecule has 4 saturated carbocycles. The summed E-state index contributed by atoms with van der Waals surface area (Å²) < 4.78 is 46.9. The number of hydrogen-bond acceptors (Lipinski definition) is 13. The van der Waals surface area contributed by atoms with E-state index in [1.165, 1.54) is 55.7 Å². The molecule has 4 N–H and O–H groups in total. The fourth-order valence-corrected chi connectivity index (χ4v) is 9.08. The van der Waals surface area contributed by atoms with Gasteiger partial charge in [0.15, 0.2) is 17.7 Å². The second-order valence-electron chi connectivity index (χ2n) is 13.1. The van der Waals surface area contributed by atoms with Crippen LogP contribution in [0.15, 0.2) is 12.7 Å². The zero-order valence-corrected chi connectivity index (χ0v) is 26.5. The SMILES string of the molecule is COP(=O)(O)OC1[C@@H](CO)O[C@@H](n2cnc3c(N)ncnc32)[C@H]1OCOCCOCCCC(=O)CC12CC3CC(CC(C3)C1)C2. The lowest BCUT2D eigenvalue weighted by Gasteiger charge is -2.56. The van der Waals surface area contributed by atoms with Crippen LogP contribution >= 0.6 is 7.82 Å². The first-order chi connectivity index (χ1) is 21.7. The summed E-state index contributed by atoms with van der Waals surface area (Å²) in [6.45, 7) is 0.206. The molecule has 16 heteroatoms. The Morgan fingerprint density at radius 2 is 1.80 bits per heavy atom. The Hall–Kier alpha value is -2.07. The number of nitrogen functional groups attached to an aromatic ring is 1. The van der Waals surface area contributed by atoms with Gasteiger partial charge in [-0.05, 0) is 68.1 Å². The topological polar surface area (TPSA) is 200 Å². The number of aliphatic hydroxyl groups is 1. The minimum absolute atomic E-state index is 0.162. The molecular weight excluding hydrogens is 609 g/mol. The third-order valence-corrected chi connectivity index (χ3v) is 10.8. The van der Waals surface area contributed by atoms with E-state index >= 15 is 0 Å². The van der Waals surface area contributed by atoms with E-state index in [2.05, 4.69) is 19.5 Å². The Labute approximate surface area is 261 Å². The third kappa shape index (κ3) is 7.42. The number of fused-ring (bicyclic) bond motifs is 1. The molecule has 0 radical (unpaired) electrons. The van der Waals surface area contributed by atoms with Gasteiger partial charge in [0.2, 0.25) is 0 Å². The van der Waals surface area contributed by atoms with E-state index in [4.69, 9.17) is 29.2 Å². The molecule has 0 spiro atoms. The van der Waals surface area contributed by atoms with Gasteiger partial charge in [0.25, 0.3) is 0 Å². The summed E-state index contributed by atoms with van der Waals surface area (Å²) in [6.07, 6.45) is 8.27. The molecule has 0 amide bonds. The first-order valence-electron chi connectivity index (χ1n) is 15.7. The molecule has 2 aromatic rings. The van der Waals surface area contributed by atoms with Gasteiger partial charge >= 0.3 is 7.82 Å². The van der Waals surface area contributed by atoms with E-state index < -0.39 is 39.0 Å². The number of nitrogens with zero attached hydrogens (tertiary/aromatic N) is 4. The van der Waals surface area contributed by atoms with Gasteiger partial charge < -0.3 is 34.7 Å². The van der Waals surface area contributed by atoms with Crippen LogP contribution in [0.5, 0.6) is 0 Å². The molecule has 1 aliphatic heterocycles. The molecule has 3 heterocycles. The number of phosphoric acid groups is 1. The van der Waals surface area contributed by atoms with Crippen LogP contribution in [-0.2, 0) is 37.4 Å². The van der Waals surface area contributed by atoms with Crippen molar-refractivity contribution in [3.63, 3.8) is 0 Å². The van der Waals surface area contributed by atoms with Gasteiger partial charge in [-0.2, -0.15) is 0 Å². The number of ketones is 1. The van der Waals surface area contributed by atoms with Crippen molar-refractivity contribution < 1.29 is 47.4 Å². The predicted molar refractivity (Wildman–Crippen MR) is 158 cm³/mol. The van der Waals surface area contributed by atoms with Crippen LogP contribution in [0.4, 0.5) is 5.82 Å². The maximum Gasteiger partial charge on any atom is 0.472 e. The van der Waals surface area contributed by atoms with Gasteiger partial charge in [0, 0.05) is 26.6 Å². The molecular formula is C29H44N5O10P. The minimum atomic E-state index is -4.48. The first-order valence-corrected chi connectivity index (χ1v) is 17.2. The molecule has 1 saturated heterocycles. The highest BCUT2D eigenvalue weighted by atomic mass is 31.2. The molecule has 2 aromatic heterocycles. The number of hydrogen-bond donors (Lipinski definition) is 3. The average molecular weight is 654 g/mol. The number of rotatable bonds is 17. The molecule has 5 atom stereocenters. The number of anilines is 1. The molecule has 5 aliphatic rings. The fraction of sp³-hybridized carbons (Fsp3) is 0.793. The number of carbonyl (C=O) groups is 1. The van der Waals surface area contributed by atoms with Crippen molar-refractivity contribution in [2.75, 3.05) is 46.1 Å². The summed E-state index contributed by atoms with van der Waals surface area (Å²) in [5, 5.41) is 9.96. The van der Waals surface area contributed by atoms with Gasteiger partial charge in [-0.15, -0.1) is 0 Å². The number of Topliss-reactive ketones (excluding diaryl/α,β-unsaturated/α-hetero) is 1. The maximum absolute atomic E-state index is 12.8.